The van der Waals surface area contributed by atoms with E-state index in [2.05, 4.69) is 10.3 Å². The number of amides is 1. The molecular formula is C10H13FN2OS. The smallest absolute Gasteiger partial charge is 0.255 e. The van der Waals surface area contributed by atoms with E-state index in [-0.39, 0.29) is 5.56 Å². The Kier molecular flexibility index (Phi) is 4.55. The van der Waals surface area contributed by atoms with E-state index in [0.717, 1.165) is 0 Å². The second-order valence-corrected chi connectivity index (χ2v) is 4.37. The molecule has 0 aliphatic rings. The number of halogens is 1. The second-order valence-electron chi connectivity index (χ2n) is 3.10. The number of hydrogen-bond acceptors (Lipinski definition) is 3. The average molecular weight is 228 g/mol. The van der Waals surface area contributed by atoms with Gasteiger partial charge in [0, 0.05) is 18.0 Å². The molecule has 1 aromatic heterocycles. The van der Waals surface area contributed by atoms with E-state index in [4.69, 9.17) is 0 Å². The van der Waals surface area contributed by atoms with E-state index in [1.54, 1.807) is 11.8 Å². The van der Waals surface area contributed by atoms with Gasteiger partial charge in [-0.25, -0.2) is 4.98 Å². The van der Waals surface area contributed by atoms with Crippen LogP contribution in [-0.2, 0) is 0 Å². The Morgan fingerprint density at radius 1 is 1.73 bits per heavy atom. The lowest BCUT2D eigenvalue weighted by atomic mass is 10.2. The van der Waals surface area contributed by atoms with E-state index in [1.165, 1.54) is 18.3 Å². The van der Waals surface area contributed by atoms with Gasteiger partial charge < -0.3 is 5.32 Å². The van der Waals surface area contributed by atoms with Gasteiger partial charge >= 0.3 is 0 Å². The summed E-state index contributed by atoms with van der Waals surface area (Å²) in [6.07, 6.45) is 3.28. The molecule has 0 saturated carbocycles. The van der Waals surface area contributed by atoms with Crippen LogP contribution in [0.5, 0.6) is 0 Å². The first-order valence-corrected chi connectivity index (χ1v) is 5.85. The first kappa shape index (κ1) is 12.0. The normalized spacial score (nSPS) is 12.2. The van der Waals surface area contributed by atoms with Crippen molar-refractivity contribution < 1.29 is 9.18 Å². The van der Waals surface area contributed by atoms with Gasteiger partial charge in [0.25, 0.3) is 5.91 Å². The monoisotopic (exact) mass is 228 g/mol. The summed E-state index contributed by atoms with van der Waals surface area (Å²) in [7, 11) is 0. The minimum atomic E-state index is -0.730. The maximum atomic E-state index is 13.1. The van der Waals surface area contributed by atoms with Crippen molar-refractivity contribution in [3.05, 3.63) is 29.8 Å². The molecule has 0 fully saturated rings. The first-order chi connectivity index (χ1) is 7.15. The topological polar surface area (TPSA) is 42.0 Å². The van der Waals surface area contributed by atoms with Crippen LogP contribution in [0.4, 0.5) is 4.39 Å². The van der Waals surface area contributed by atoms with Crippen LogP contribution in [0.1, 0.15) is 17.3 Å². The van der Waals surface area contributed by atoms with Crippen LogP contribution in [0.25, 0.3) is 0 Å². The SMILES string of the molecule is CSC(C)CNC(=O)c1cccnc1F. The third-order valence-electron chi connectivity index (χ3n) is 1.96. The Labute approximate surface area is 92.5 Å². The van der Waals surface area contributed by atoms with Crippen molar-refractivity contribution in [2.75, 3.05) is 12.8 Å². The van der Waals surface area contributed by atoms with Crippen molar-refractivity contribution in [1.82, 2.24) is 10.3 Å². The van der Waals surface area contributed by atoms with Gasteiger partial charge in [-0.05, 0) is 18.4 Å². The number of aromatic nitrogens is 1. The van der Waals surface area contributed by atoms with Crippen LogP contribution >= 0.6 is 11.8 Å². The highest BCUT2D eigenvalue weighted by atomic mass is 32.2. The molecule has 0 aliphatic heterocycles. The van der Waals surface area contributed by atoms with Crippen LogP contribution < -0.4 is 5.32 Å². The number of rotatable bonds is 4. The standard InChI is InChI=1S/C10H13FN2OS/c1-7(15-2)6-13-10(14)8-4-3-5-12-9(8)11/h3-5,7H,6H2,1-2H3,(H,13,14). The molecule has 1 rings (SSSR count). The van der Waals surface area contributed by atoms with Crippen molar-refractivity contribution in [2.45, 2.75) is 12.2 Å². The molecule has 5 heteroatoms. The number of nitrogens with zero attached hydrogens (tertiary/aromatic N) is 1. The van der Waals surface area contributed by atoms with Gasteiger partial charge in [0.15, 0.2) is 0 Å². The highest BCUT2D eigenvalue weighted by Crippen LogP contribution is 2.05. The quantitative estimate of drug-likeness (QED) is 0.798. The van der Waals surface area contributed by atoms with Gasteiger partial charge in [0.2, 0.25) is 5.95 Å². The Morgan fingerprint density at radius 2 is 2.47 bits per heavy atom. The minimum Gasteiger partial charge on any atom is -0.351 e. The molecule has 1 N–H and O–H groups in total. The van der Waals surface area contributed by atoms with E-state index in [0.29, 0.717) is 11.8 Å². The fourth-order valence-corrected chi connectivity index (χ4v) is 1.22. The molecule has 15 heavy (non-hydrogen) atoms. The fourth-order valence-electron chi connectivity index (χ4n) is 0.970. The molecule has 3 nitrogen and oxygen atoms in total. The zero-order chi connectivity index (χ0) is 11.3. The molecule has 0 aliphatic carbocycles. The lowest BCUT2D eigenvalue weighted by Crippen LogP contribution is -2.30. The Morgan fingerprint density at radius 3 is 3.07 bits per heavy atom. The van der Waals surface area contributed by atoms with Gasteiger partial charge in [-0.1, -0.05) is 6.92 Å². The van der Waals surface area contributed by atoms with Crippen LogP contribution in [0.15, 0.2) is 18.3 Å². The molecule has 1 unspecified atom stereocenters. The van der Waals surface area contributed by atoms with Crippen LogP contribution in [0.3, 0.4) is 0 Å². The number of hydrogen-bond donors (Lipinski definition) is 1. The molecule has 0 bridgehead atoms. The highest BCUT2D eigenvalue weighted by Gasteiger charge is 2.12. The van der Waals surface area contributed by atoms with Crippen molar-refractivity contribution in [3.63, 3.8) is 0 Å². The summed E-state index contributed by atoms with van der Waals surface area (Å²) < 4.78 is 13.1. The van der Waals surface area contributed by atoms with Gasteiger partial charge in [0.05, 0.1) is 5.56 Å². The summed E-state index contributed by atoms with van der Waals surface area (Å²) in [6, 6.07) is 2.96. The summed E-state index contributed by atoms with van der Waals surface area (Å²) in [6.45, 7) is 2.51. The predicted molar refractivity (Wildman–Crippen MR) is 59.5 cm³/mol. The summed E-state index contributed by atoms with van der Waals surface area (Å²) in [4.78, 5) is 14.9. The van der Waals surface area contributed by atoms with Crippen molar-refractivity contribution in [3.8, 4) is 0 Å². The number of pyridine rings is 1. The zero-order valence-corrected chi connectivity index (χ0v) is 9.47. The van der Waals surface area contributed by atoms with Crippen LogP contribution in [0, 0.1) is 5.95 Å². The fraction of sp³-hybridized carbons (Fsp3) is 0.400. The highest BCUT2D eigenvalue weighted by molar-refractivity contribution is 7.99. The molecule has 0 radical (unpaired) electrons. The average Bonchev–Trinajstić information content (AvgIpc) is 2.26. The third-order valence-corrected chi connectivity index (χ3v) is 2.93. The first-order valence-electron chi connectivity index (χ1n) is 4.56. The number of carbonyl (C=O) groups excluding carboxylic acids is 1. The van der Waals surface area contributed by atoms with E-state index >= 15 is 0 Å². The van der Waals surface area contributed by atoms with Crippen molar-refractivity contribution in [1.29, 1.82) is 0 Å². The van der Waals surface area contributed by atoms with E-state index < -0.39 is 11.9 Å². The Hall–Kier alpha value is -1.10. The zero-order valence-electron chi connectivity index (χ0n) is 8.66. The summed E-state index contributed by atoms with van der Waals surface area (Å²) in [5.41, 5.74) is -0.00852. The maximum Gasteiger partial charge on any atom is 0.255 e. The molecule has 0 saturated heterocycles. The van der Waals surface area contributed by atoms with Gasteiger partial charge in [-0.3, -0.25) is 4.79 Å². The van der Waals surface area contributed by atoms with Crippen LogP contribution in [-0.4, -0.2) is 28.9 Å². The predicted octanol–water partition coefficient (Wildman–Crippen LogP) is 1.70. The third kappa shape index (κ3) is 3.51. The van der Waals surface area contributed by atoms with Crippen molar-refractivity contribution >= 4 is 17.7 Å². The lowest BCUT2D eigenvalue weighted by Gasteiger charge is -2.09. The van der Waals surface area contributed by atoms with Gasteiger partial charge in [-0.15, -0.1) is 0 Å². The van der Waals surface area contributed by atoms with Gasteiger partial charge in [0.1, 0.15) is 0 Å². The molecule has 1 heterocycles. The Balaban J connectivity index is 2.58. The molecule has 82 valence electrons. The second kappa shape index (κ2) is 5.70. The Bertz CT molecular complexity index is 346. The van der Waals surface area contributed by atoms with Crippen LogP contribution in [0.2, 0.25) is 0 Å². The molecule has 1 aromatic rings. The molecule has 0 aromatic carbocycles. The van der Waals surface area contributed by atoms with Gasteiger partial charge in [-0.2, -0.15) is 16.2 Å². The molecule has 1 atom stereocenters. The number of carbonyl (C=O) groups is 1. The lowest BCUT2D eigenvalue weighted by molar-refractivity contribution is 0.0949. The number of nitrogens with one attached hydrogen (secondary N) is 1. The summed E-state index contributed by atoms with van der Waals surface area (Å²) in [5.74, 6) is -1.15. The van der Waals surface area contributed by atoms with E-state index in [1.807, 2.05) is 13.2 Å². The van der Waals surface area contributed by atoms with E-state index in [9.17, 15) is 9.18 Å². The minimum absolute atomic E-state index is 0.00852. The molecular weight excluding hydrogens is 215 g/mol. The van der Waals surface area contributed by atoms with Crippen molar-refractivity contribution in [2.24, 2.45) is 0 Å². The molecule has 1 amide bonds. The molecule has 0 spiro atoms. The number of thioether (sulfide) groups is 1. The largest absolute Gasteiger partial charge is 0.351 e. The summed E-state index contributed by atoms with van der Waals surface area (Å²) in [5, 5.41) is 2.96. The maximum absolute atomic E-state index is 13.1. The summed E-state index contributed by atoms with van der Waals surface area (Å²) >= 11 is 1.64.